The molecule has 0 radical (unpaired) electrons. The molecule has 3 aromatic carbocycles. The maximum absolute atomic E-state index is 2.66. The number of rotatable bonds is 8. The number of allylic oxidation sites excluding steroid dienone is 14. The minimum absolute atomic E-state index is 0.0340. The lowest BCUT2D eigenvalue weighted by Crippen LogP contribution is -2.22. The molecule has 276 valence electrons. The molecule has 2 unspecified atom stereocenters. The number of hydrogen-bond acceptors (Lipinski definition) is 0. The predicted octanol–water partition coefficient (Wildman–Crippen LogP) is 15.3. The van der Waals surface area contributed by atoms with Crippen molar-refractivity contribution in [3.8, 4) is 11.1 Å². The molecule has 0 bridgehead atoms. The van der Waals surface area contributed by atoms with Gasteiger partial charge >= 0.3 is 0 Å². The summed E-state index contributed by atoms with van der Waals surface area (Å²) in [5.41, 5.74) is 22.9. The van der Waals surface area contributed by atoms with Crippen LogP contribution in [-0.4, -0.2) is 4.57 Å². The Kier molecular flexibility index (Phi) is 9.20. The van der Waals surface area contributed by atoms with Crippen LogP contribution in [0, 0.1) is 11.8 Å². The van der Waals surface area contributed by atoms with Crippen LogP contribution in [0.2, 0.25) is 0 Å². The summed E-state index contributed by atoms with van der Waals surface area (Å²) in [5, 5.41) is 2.72. The molecule has 2 atom stereocenters. The molecule has 0 saturated heterocycles. The average Bonchev–Trinajstić information content (AvgIpc) is 3.63. The van der Waals surface area contributed by atoms with E-state index in [0.717, 1.165) is 6.42 Å². The van der Waals surface area contributed by atoms with Crippen molar-refractivity contribution in [2.45, 2.75) is 124 Å². The quantitative estimate of drug-likeness (QED) is 0.172. The van der Waals surface area contributed by atoms with Gasteiger partial charge < -0.3 is 4.57 Å². The lowest BCUT2D eigenvalue weighted by molar-refractivity contribution is 0.615. The summed E-state index contributed by atoms with van der Waals surface area (Å²) >= 11 is 0. The van der Waals surface area contributed by atoms with Crippen molar-refractivity contribution in [1.29, 1.82) is 0 Å². The van der Waals surface area contributed by atoms with Gasteiger partial charge in [-0.25, -0.2) is 0 Å². The second-order valence-electron chi connectivity index (χ2n) is 17.6. The molecular weight excluding hydrogens is 651 g/mol. The number of fused-ring (bicyclic) bond motifs is 6. The van der Waals surface area contributed by atoms with Crippen molar-refractivity contribution < 1.29 is 0 Å². The Morgan fingerprint density at radius 2 is 1.52 bits per heavy atom. The molecule has 0 saturated carbocycles. The number of para-hydroxylation sites is 1. The van der Waals surface area contributed by atoms with E-state index in [0.29, 0.717) is 11.8 Å². The van der Waals surface area contributed by atoms with Crippen LogP contribution >= 0.6 is 0 Å². The SMILES string of the molecule is CCCC1=C(C2=C(C)CCCC2)C=CC(C2=CCCC(CCC)=C2C2CC(n3c4ccccc4c4cc5c(cc43)C(C)(C)c3ccccc3-5)=CC=C2C)C1. The lowest BCUT2D eigenvalue weighted by Gasteiger charge is -2.36. The molecule has 5 aliphatic carbocycles. The maximum Gasteiger partial charge on any atom is 0.0541 e. The zero-order chi connectivity index (χ0) is 37.1. The number of nitrogens with zero attached hydrogens (tertiary/aromatic N) is 1. The van der Waals surface area contributed by atoms with E-state index in [1.54, 1.807) is 39.0 Å². The van der Waals surface area contributed by atoms with E-state index in [4.69, 9.17) is 0 Å². The molecule has 5 aliphatic rings. The summed E-state index contributed by atoms with van der Waals surface area (Å²) in [6, 6.07) is 23.3. The van der Waals surface area contributed by atoms with Crippen LogP contribution in [-0.2, 0) is 5.41 Å². The second kappa shape index (κ2) is 14.1. The van der Waals surface area contributed by atoms with Gasteiger partial charge in [0.2, 0.25) is 0 Å². The van der Waals surface area contributed by atoms with Gasteiger partial charge in [-0.1, -0.05) is 130 Å². The first-order valence-electron chi connectivity index (χ1n) is 21.4. The Morgan fingerprint density at radius 3 is 2.35 bits per heavy atom. The van der Waals surface area contributed by atoms with Gasteiger partial charge in [0, 0.05) is 33.7 Å². The molecule has 0 amide bonds. The van der Waals surface area contributed by atoms with Crippen molar-refractivity contribution in [1.82, 2.24) is 4.57 Å². The molecule has 1 heteroatoms. The van der Waals surface area contributed by atoms with E-state index in [-0.39, 0.29) is 5.41 Å². The van der Waals surface area contributed by atoms with Crippen molar-refractivity contribution in [2.75, 3.05) is 0 Å². The first-order valence-corrected chi connectivity index (χ1v) is 21.4. The Morgan fingerprint density at radius 1 is 0.741 bits per heavy atom. The highest BCUT2D eigenvalue weighted by molar-refractivity contribution is 6.12. The zero-order valence-electron chi connectivity index (χ0n) is 33.7. The van der Waals surface area contributed by atoms with Gasteiger partial charge in [-0.2, -0.15) is 0 Å². The molecule has 0 N–H and O–H groups in total. The van der Waals surface area contributed by atoms with Gasteiger partial charge in [-0.05, 0) is 147 Å². The Bertz CT molecular complexity index is 2400. The van der Waals surface area contributed by atoms with Crippen molar-refractivity contribution in [3.05, 3.63) is 147 Å². The molecular formula is C53H59N. The summed E-state index contributed by atoms with van der Waals surface area (Å²) in [6.45, 7) is 14.4. The predicted molar refractivity (Wildman–Crippen MR) is 233 cm³/mol. The molecule has 1 nitrogen and oxygen atoms in total. The van der Waals surface area contributed by atoms with E-state index in [9.17, 15) is 0 Å². The van der Waals surface area contributed by atoms with E-state index in [1.165, 1.54) is 126 Å². The summed E-state index contributed by atoms with van der Waals surface area (Å²) in [7, 11) is 0. The van der Waals surface area contributed by atoms with Crippen LogP contribution < -0.4 is 0 Å². The fraction of sp³-hybridized carbons (Fsp3) is 0.396. The monoisotopic (exact) mass is 709 g/mol. The van der Waals surface area contributed by atoms with Gasteiger partial charge in [-0.3, -0.25) is 0 Å². The highest BCUT2D eigenvalue weighted by Crippen LogP contribution is 2.52. The number of benzene rings is 3. The largest absolute Gasteiger partial charge is 0.313 e. The number of aromatic nitrogens is 1. The van der Waals surface area contributed by atoms with Gasteiger partial charge in [0.25, 0.3) is 0 Å². The van der Waals surface area contributed by atoms with Crippen LogP contribution in [0.25, 0.3) is 38.6 Å². The third-order valence-electron chi connectivity index (χ3n) is 13.9. The Hall–Kier alpha value is -4.36. The van der Waals surface area contributed by atoms with Crippen LogP contribution in [0.4, 0.5) is 0 Å². The standard InChI is InChI=1S/C53H59N/c1-7-16-36-19-15-23-42(38-27-29-41(37(30-38)17-8-2)40-20-10-9-18-34(40)3)52(36)45-31-39(28-26-35(45)4)54-50-25-14-12-22-44(50)47-32-46-43-21-11-13-24-48(43)53(5,6)49(46)33-51(47)54/h11-14,21-29,32-33,38,45H,7-10,15-20,30-31H2,1-6H3. The second-order valence-corrected chi connectivity index (χ2v) is 17.6. The average molecular weight is 710 g/mol. The van der Waals surface area contributed by atoms with Crippen LogP contribution in [0.1, 0.15) is 130 Å². The maximum atomic E-state index is 2.66. The fourth-order valence-electron chi connectivity index (χ4n) is 11.2. The first-order chi connectivity index (χ1) is 26.3. The molecule has 0 fully saturated rings. The minimum atomic E-state index is -0.0340. The minimum Gasteiger partial charge on any atom is -0.313 e. The summed E-state index contributed by atoms with van der Waals surface area (Å²) in [4.78, 5) is 0. The summed E-state index contributed by atoms with van der Waals surface area (Å²) < 4.78 is 2.64. The Labute approximate surface area is 324 Å². The molecule has 4 aromatic rings. The summed E-state index contributed by atoms with van der Waals surface area (Å²) in [6.07, 6.45) is 27.5. The topological polar surface area (TPSA) is 4.93 Å². The van der Waals surface area contributed by atoms with Crippen LogP contribution in [0.5, 0.6) is 0 Å². The molecule has 0 aliphatic heterocycles. The molecule has 9 rings (SSSR count). The van der Waals surface area contributed by atoms with Crippen LogP contribution in [0.3, 0.4) is 0 Å². The van der Waals surface area contributed by atoms with E-state index in [1.807, 2.05) is 0 Å². The molecule has 0 spiro atoms. The van der Waals surface area contributed by atoms with Crippen molar-refractivity contribution in [2.24, 2.45) is 11.8 Å². The van der Waals surface area contributed by atoms with Crippen molar-refractivity contribution in [3.63, 3.8) is 0 Å². The normalized spacial score (nSPS) is 22.5. The van der Waals surface area contributed by atoms with Gasteiger partial charge in [0.1, 0.15) is 0 Å². The van der Waals surface area contributed by atoms with Crippen LogP contribution in [0.15, 0.2) is 136 Å². The van der Waals surface area contributed by atoms with Gasteiger partial charge in [-0.15, -0.1) is 0 Å². The number of hydrogen-bond donors (Lipinski definition) is 0. The van der Waals surface area contributed by atoms with E-state index in [2.05, 4.69) is 137 Å². The van der Waals surface area contributed by atoms with Gasteiger partial charge in [0.05, 0.1) is 11.0 Å². The molecule has 1 aromatic heterocycles. The summed E-state index contributed by atoms with van der Waals surface area (Å²) in [5.74, 6) is 0.852. The highest BCUT2D eigenvalue weighted by Gasteiger charge is 2.37. The smallest absolute Gasteiger partial charge is 0.0541 e. The van der Waals surface area contributed by atoms with E-state index >= 15 is 0 Å². The Balaban J connectivity index is 1.13. The van der Waals surface area contributed by atoms with Crippen molar-refractivity contribution >= 4 is 27.5 Å². The highest BCUT2D eigenvalue weighted by atomic mass is 15.0. The third kappa shape index (κ3) is 5.72. The van der Waals surface area contributed by atoms with Gasteiger partial charge in [0.15, 0.2) is 0 Å². The molecule has 54 heavy (non-hydrogen) atoms. The fourth-order valence-corrected chi connectivity index (χ4v) is 11.2. The zero-order valence-corrected chi connectivity index (χ0v) is 33.7. The third-order valence-corrected chi connectivity index (χ3v) is 13.9. The lowest BCUT2D eigenvalue weighted by atomic mass is 9.69. The van der Waals surface area contributed by atoms with E-state index < -0.39 is 0 Å². The first kappa shape index (κ1) is 35.3. The molecule has 1 heterocycles.